The number of hydrogen-bond acceptors (Lipinski definition) is 2. The number of nitrogens with two attached hydrogens (primary N) is 1. The molecule has 8 heavy (non-hydrogen) atoms. The lowest BCUT2D eigenvalue weighted by Crippen LogP contribution is -1.93. The second-order valence-corrected chi connectivity index (χ2v) is 1.68. The molecule has 0 radical (unpaired) electrons. The topological polar surface area (TPSA) is 51.2 Å². The average molecular weight is 112 g/mol. The average Bonchev–Trinajstić information content (AvgIpc) is 1.98. The molecular weight excluding hydrogens is 104 g/mol. The van der Waals surface area contributed by atoms with Gasteiger partial charge in [0.1, 0.15) is 5.82 Å². The van der Waals surface area contributed by atoms with E-state index in [1.54, 1.807) is 19.2 Å². The van der Waals surface area contributed by atoms with Crippen molar-refractivity contribution in [2.75, 3.05) is 5.73 Å². The zero-order chi connectivity index (χ0) is 6.15. The van der Waals surface area contributed by atoms with Crippen LogP contribution in [0.25, 0.3) is 0 Å². The van der Waals surface area contributed by atoms with Crippen LogP contribution in [0, 0.1) is 0 Å². The predicted molar refractivity (Wildman–Crippen MR) is 31.5 cm³/mol. The van der Waals surface area contributed by atoms with E-state index in [-0.39, 0.29) is 5.88 Å². The van der Waals surface area contributed by atoms with E-state index in [0.717, 1.165) is 0 Å². The largest absolute Gasteiger partial charge is 0.494 e. The van der Waals surface area contributed by atoms with Gasteiger partial charge in [-0.25, -0.2) is 0 Å². The van der Waals surface area contributed by atoms with Crippen LogP contribution in [0.3, 0.4) is 0 Å². The maximum absolute atomic E-state index is 8.82. The lowest BCUT2D eigenvalue weighted by atomic mass is 10.6. The zero-order valence-electron chi connectivity index (χ0n) is 4.63. The molecule has 44 valence electrons. The molecule has 0 aliphatic heterocycles. The number of nitrogen functional groups attached to an aromatic ring is 1. The molecule has 0 spiro atoms. The summed E-state index contributed by atoms with van der Waals surface area (Å²) in [6, 6.07) is 3.20. The lowest BCUT2D eigenvalue weighted by Gasteiger charge is -1.94. The fraction of sp³-hybridized carbons (Fsp3) is 0.200. The minimum Gasteiger partial charge on any atom is -0.494 e. The molecule has 3 nitrogen and oxygen atoms in total. The first-order valence-electron chi connectivity index (χ1n) is 2.32. The number of nitrogens with zero attached hydrogens (tertiary/aromatic N) is 1. The van der Waals surface area contributed by atoms with Gasteiger partial charge in [0, 0.05) is 13.1 Å². The Bertz CT molecular complexity index is 173. The molecule has 3 N–H and O–H groups in total. The number of aromatic hydroxyl groups is 1. The summed E-state index contributed by atoms with van der Waals surface area (Å²) >= 11 is 0. The van der Waals surface area contributed by atoms with Gasteiger partial charge in [0.25, 0.3) is 0 Å². The van der Waals surface area contributed by atoms with Gasteiger partial charge in [0.2, 0.25) is 0 Å². The van der Waals surface area contributed by atoms with Crippen molar-refractivity contribution in [3.63, 3.8) is 0 Å². The Morgan fingerprint density at radius 2 is 2.25 bits per heavy atom. The third-order valence-corrected chi connectivity index (χ3v) is 1.13. The van der Waals surface area contributed by atoms with Crippen molar-refractivity contribution in [1.82, 2.24) is 4.57 Å². The Hall–Kier alpha value is -1.12. The molecule has 0 fully saturated rings. The van der Waals surface area contributed by atoms with Crippen LogP contribution >= 0.6 is 0 Å². The molecule has 0 bridgehead atoms. The summed E-state index contributed by atoms with van der Waals surface area (Å²) in [6.07, 6.45) is 0. The standard InChI is InChI=1S/C5H8N2O/c1-7-4(6)2-3-5(7)8/h2-3,8H,6H2,1H3. The first-order chi connectivity index (χ1) is 3.72. The molecule has 0 aliphatic rings. The Morgan fingerprint density at radius 3 is 2.38 bits per heavy atom. The summed E-state index contributed by atoms with van der Waals surface area (Å²) in [6.45, 7) is 0. The second kappa shape index (κ2) is 1.43. The highest BCUT2D eigenvalue weighted by atomic mass is 16.3. The van der Waals surface area contributed by atoms with E-state index in [1.807, 2.05) is 0 Å². The summed E-state index contributed by atoms with van der Waals surface area (Å²) in [5.41, 5.74) is 5.34. The van der Waals surface area contributed by atoms with Gasteiger partial charge < -0.3 is 15.4 Å². The van der Waals surface area contributed by atoms with E-state index >= 15 is 0 Å². The van der Waals surface area contributed by atoms with Crippen LogP contribution in [-0.4, -0.2) is 9.67 Å². The van der Waals surface area contributed by atoms with Gasteiger partial charge in [0.05, 0.1) is 0 Å². The van der Waals surface area contributed by atoms with Crippen LogP contribution < -0.4 is 5.73 Å². The first-order valence-corrected chi connectivity index (χ1v) is 2.32. The van der Waals surface area contributed by atoms with Gasteiger partial charge in [0.15, 0.2) is 5.88 Å². The maximum atomic E-state index is 8.82. The van der Waals surface area contributed by atoms with E-state index in [1.165, 1.54) is 4.57 Å². The fourth-order valence-electron chi connectivity index (χ4n) is 0.516. The van der Waals surface area contributed by atoms with Crippen molar-refractivity contribution < 1.29 is 5.11 Å². The molecule has 0 saturated carbocycles. The highest BCUT2D eigenvalue weighted by Gasteiger charge is 1.94. The molecule has 3 heteroatoms. The Kier molecular flexibility index (Phi) is 0.901. The Labute approximate surface area is 47.3 Å². The molecule has 0 saturated heterocycles. The van der Waals surface area contributed by atoms with Crippen molar-refractivity contribution in [1.29, 1.82) is 0 Å². The van der Waals surface area contributed by atoms with E-state index in [9.17, 15) is 0 Å². The number of anilines is 1. The number of hydrogen-bond donors (Lipinski definition) is 2. The molecular formula is C5H8N2O. The third kappa shape index (κ3) is 0.521. The minimum absolute atomic E-state index is 0.197. The quantitative estimate of drug-likeness (QED) is 0.507. The summed E-state index contributed by atoms with van der Waals surface area (Å²) < 4.78 is 1.50. The van der Waals surface area contributed by atoms with E-state index in [2.05, 4.69) is 0 Å². The van der Waals surface area contributed by atoms with Crippen molar-refractivity contribution in [2.45, 2.75) is 0 Å². The van der Waals surface area contributed by atoms with E-state index < -0.39 is 0 Å². The highest BCUT2D eigenvalue weighted by molar-refractivity contribution is 5.35. The Morgan fingerprint density at radius 1 is 1.62 bits per heavy atom. The van der Waals surface area contributed by atoms with Crippen LogP contribution in [0.4, 0.5) is 5.82 Å². The van der Waals surface area contributed by atoms with E-state index in [4.69, 9.17) is 10.8 Å². The van der Waals surface area contributed by atoms with Gasteiger partial charge in [-0.2, -0.15) is 0 Å². The van der Waals surface area contributed by atoms with Gasteiger partial charge >= 0.3 is 0 Å². The monoisotopic (exact) mass is 112 g/mol. The van der Waals surface area contributed by atoms with E-state index in [0.29, 0.717) is 5.82 Å². The van der Waals surface area contributed by atoms with Gasteiger partial charge in [-0.15, -0.1) is 0 Å². The first kappa shape index (κ1) is 5.03. The van der Waals surface area contributed by atoms with Crippen molar-refractivity contribution >= 4 is 5.82 Å². The third-order valence-electron chi connectivity index (χ3n) is 1.13. The fourth-order valence-corrected chi connectivity index (χ4v) is 0.516. The van der Waals surface area contributed by atoms with Crippen LogP contribution in [0.1, 0.15) is 0 Å². The molecule has 0 unspecified atom stereocenters. The summed E-state index contributed by atoms with van der Waals surface area (Å²) in [4.78, 5) is 0. The number of rotatable bonds is 0. The highest BCUT2D eigenvalue weighted by Crippen LogP contribution is 2.13. The predicted octanol–water partition coefficient (Wildman–Crippen LogP) is 0.313. The second-order valence-electron chi connectivity index (χ2n) is 1.68. The molecule has 1 heterocycles. The molecule has 1 aromatic heterocycles. The minimum atomic E-state index is 0.197. The van der Waals surface area contributed by atoms with Crippen LogP contribution in [-0.2, 0) is 7.05 Å². The molecule has 0 aliphatic carbocycles. The van der Waals surface area contributed by atoms with Gasteiger partial charge in [-0.1, -0.05) is 0 Å². The zero-order valence-corrected chi connectivity index (χ0v) is 4.63. The van der Waals surface area contributed by atoms with Crippen molar-refractivity contribution in [3.05, 3.63) is 12.1 Å². The summed E-state index contributed by atoms with van der Waals surface area (Å²) in [7, 11) is 1.70. The lowest BCUT2D eigenvalue weighted by molar-refractivity contribution is 0.433. The van der Waals surface area contributed by atoms with Crippen LogP contribution in [0.5, 0.6) is 5.88 Å². The SMILES string of the molecule is Cn1c(N)ccc1O. The van der Waals surface area contributed by atoms with Gasteiger partial charge in [-0.05, 0) is 6.07 Å². The van der Waals surface area contributed by atoms with Crippen molar-refractivity contribution in [2.24, 2.45) is 7.05 Å². The molecule has 1 rings (SSSR count). The normalized spacial score (nSPS) is 9.62. The molecule has 1 aromatic rings. The van der Waals surface area contributed by atoms with Crippen molar-refractivity contribution in [3.8, 4) is 5.88 Å². The van der Waals surface area contributed by atoms with Crippen LogP contribution in [0.15, 0.2) is 12.1 Å². The summed E-state index contributed by atoms with van der Waals surface area (Å²) in [5.74, 6) is 0.769. The Balaban J connectivity index is 3.19. The maximum Gasteiger partial charge on any atom is 0.192 e. The van der Waals surface area contributed by atoms with Crippen LogP contribution in [0.2, 0.25) is 0 Å². The summed E-state index contributed by atoms with van der Waals surface area (Å²) in [5, 5.41) is 8.82. The smallest absolute Gasteiger partial charge is 0.192 e. The molecule has 0 aromatic carbocycles. The van der Waals surface area contributed by atoms with Gasteiger partial charge in [-0.3, -0.25) is 0 Å². The number of aromatic nitrogens is 1. The molecule has 0 atom stereocenters. The molecule has 0 amide bonds.